The van der Waals surface area contributed by atoms with E-state index in [-0.39, 0.29) is 12.2 Å². The summed E-state index contributed by atoms with van der Waals surface area (Å²) in [6.45, 7) is 5.74. The molecular weight excluding hydrogens is 422 g/mol. The lowest BCUT2D eigenvalue weighted by Crippen LogP contribution is -2.44. The second-order valence-corrected chi connectivity index (χ2v) is 9.21. The molecule has 0 bridgehead atoms. The number of likely N-dealkylation sites (N-methyl/N-ethyl adjacent to an activating group) is 1. The van der Waals surface area contributed by atoms with Crippen LogP contribution in [-0.2, 0) is 6.42 Å². The van der Waals surface area contributed by atoms with Crippen LogP contribution in [0.5, 0.6) is 0 Å². The lowest BCUT2D eigenvalue weighted by Gasteiger charge is -2.33. The molecule has 1 saturated heterocycles. The minimum Gasteiger partial charge on any atom is -0.354 e. The fraction of sp³-hybridized carbons (Fsp3) is 0.304. The van der Waals surface area contributed by atoms with Gasteiger partial charge >= 0.3 is 0 Å². The Morgan fingerprint density at radius 2 is 1.84 bits per heavy atom. The largest absolute Gasteiger partial charge is 0.354 e. The van der Waals surface area contributed by atoms with Gasteiger partial charge in [0.05, 0.1) is 17.6 Å². The van der Waals surface area contributed by atoms with Crippen LogP contribution in [-0.4, -0.2) is 69.3 Å². The zero-order valence-electron chi connectivity index (χ0n) is 18.0. The Balaban J connectivity index is 1.36. The smallest absolute Gasteiger partial charge is 0.169 e. The topological polar surface area (TPSA) is 88.0 Å². The molecule has 0 radical (unpaired) electrons. The average molecular weight is 446 g/mol. The highest BCUT2D eigenvalue weighted by Crippen LogP contribution is 2.26. The highest BCUT2D eigenvalue weighted by Gasteiger charge is 2.17. The van der Waals surface area contributed by atoms with Gasteiger partial charge in [0, 0.05) is 48.9 Å². The molecule has 1 aromatic carbocycles. The highest BCUT2D eigenvalue weighted by molar-refractivity contribution is 7.14. The number of Topliss-reactive ketones (excluding diaryl/α,β-unsaturated/α-hetero) is 1. The number of ketones is 1. The Bertz CT molecular complexity index is 1280. The molecule has 5 rings (SSSR count). The molecule has 0 atom stereocenters. The molecule has 32 heavy (non-hydrogen) atoms. The van der Waals surface area contributed by atoms with E-state index < -0.39 is 0 Å². The van der Waals surface area contributed by atoms with E-state index in [0.717, 1.165) is 58.5 Å². The van der Waals surface area contributed by atoms with Gasteiger partial charge in [0.15, 0.2) is 5.78 Å². The Morgan fingerprint density at radius 3 is 2.62 bits per heavy atom. The van der Waals surface area contributed by atoms with E-state index in [9.17, 15) is 4.79 Å². The molecule has 0 spiro atoms. The van der Waals surface area contributed by atoms with Gasteiger partial charge in [0.2, 0.25) is 0 Å². The van der Waals surface area contributed by atoms with Crippen molar-refractivity contribution in [2.75, 3.05) is 38.1 Å². The van der Waals surface area contributed by atoms with Gasteiger partial charge in [-0.05, 0) is 50.4 Å². The molecule has 9 heteroatoms. The maximum atomic E-state index is 13.0. The molecule has 4 heterocycles. The maximum absolute atomic E-state index is 13.0. The van der Waals surface area contributed by atoms with Crippen LogP contribution in [0.2, 0.25) is 0 Å². The van der Waals surface area contributed by atoms with Crippen LogP contribution in [0.15, 0.2) is 42.6 Å². The summed E-state index contributed by atoms with van der Waals surface area (Å²) in [5.41, 5.74) is 3.06. The van der Waals surface area contributed by atoms with E-state index in [1.165, 1.54) is 0 Å². The van der Waals surface area contributed by atoms with Crippen molar-refractivity contribution in [2.24, 2.45) is 0 Å². The normalized spacial score (nSPS) is 14.8. The monoisotopic (exact) mass is 445 g/mol. The summed E-state index contributed by atoms with van der Waals surface area (Å²) < 4.78 is 0. The number of pyridine rings is 1. The number of carbonyl (C=O) groups excluding carboxylic acids is 1. The van der Waals surface area contributed by atoms with Crippen LogP contribution < -0.4 is 4.90 Å². The fourth-order valence-corrected chi connectivity index (χ4v) is 4.48. The van der Waals surface area contributed by atoms with Crippen molar-refractivity contribution in [1.29, 1.82) is 0 Å². The second kappa shape index (κ2) is 8.68. The summed E-state index contributed by atoms with van der Waals surface area (Å²) >= 11 is 1.55. The number of piperazine rings is 1. The van der Waals surface area contributed by atoms with Gasteiger partial charge in [-0.25, -0.2) is 4.98 Å². The SMILES string of the molecule is Cc1nnc(-c2ccc3nnc(CC(=O)c4ccnc(N5CCN(C)CC5)c4)cc3c2)s1. The minimum atomic E-state index is 0.00679. The first-order valence-electron chi connectivity index (χ1n) is 10.5. The maximum Gasteiger partial charge on any atom is 0.169 e. The van der Waals surface area contributed by atoms with Crippen molar-refractivity contribution >= 4 is 33.8 Å². The van der Waals surface area contributed by atoms with Crippen LogP contribution >= 0.6 is 11.3 Å². The number of benzene rings is 1. The molecule has 0 aliphatic carbocycles. The van der Waals surface area contributed by atoms with Crippen molar-refractivity contribution in [1.82, 2.24) is 30.3 Å². The van der Waals surface area contributed by atoms with Crippen molar-refractivity contribution in [3.8, 4) is 10.6 Å². The zero-order valence-corrected chi connectivity index (χ0v) is 18.8. The Labute approximate surface area is 189 Å². The Morgan fingerprint density at radius 1 is 1.00 bits per heavy atom. The van der Waals surface area contributed by atoms with Crippen molar-refractivity contribution in [3.05, 3.63) is 58.9 Å². The molecule has 3 aromatic heterocycles. The summed E-state index contributed by atoms with van der Waals surface area (Å²) in [6, 6.07) is 11.5. The summed E-state index contributed by atoms with van der Waals surface area (Å²) in [5.74, 6) is 0.859. The van der Waals surface area contributed by atoms with Gasteiger partial charge in [-0.1, -0.05) is 11.3 Å². The van der Waals surface area contributed by atoms with Gasteiger partial charge in [0.1, 0.15) is 15.8 Å². The molecule has 0 N–H and O–H groups in total. The molecule has 0 unspecified atom stereocenters. The highest BCUT2D eigenvalue weighted by atomic mass is 32.1. The van der Waals surface area contributed by atoms with Crippen molar-refractivity contribution < 1.29 is 4.79 Å². The number of nitrogens with zero attached hydrogens (tertiary/aromatic N) is 7. The summed E-state index contributed by atoms with van der Waals surface area (Å²) in [6.07, 6.45) is 1.90. The third-order valence-electron chi connectivity index (χ3n) is 5.65. The van der Waals surface area contributed by atoms with Gasteiger partial charge in [-0.15, -0.1) is 10.2 Å². The van der Waals surface area contributed by atoms with Crippen molar-refractivity contribution in [3.63, 3.8) is 0 Å². The number of rotatable bonds is 5. The lowest BCUT2D eigenvalue weighted by molar-refractivity contribution is 0.0991. The predicted octanol–water partition coefficient (Wildman–Crippen LogP) is 3.03. The molecule has 0 amide bonds. The Kier molecular flexibility index (Phi) is 5.59. The summed E-state index contributed by atoms with van der Waals surface area (Å²) in [7, 11) is 2.12. The van der Waals surface area contributed by atoms with E-state index in [4.69, 9.17) is 0 Å². The summed E-state index contributed by atoms with van der Waals surface area (Å²) in [4.78, 5) is 22.0. The zero-order chi connectivity index (χ0) is 22.1. The van der Waals surface area contributed by atoms with Gasteiger partial charge in [-0.3, -0.25) is 4.79 Å². The molecule has 0 saturated carbocycles. The number of fused-ring (bicyclic) bond motifs is 1. The summed E-state index contributed by atoms with van der Waals surface area (Å²) in [5, 5.41) is 19.6. The van der Waals surface area contributed by atoms with Crippen LogP contribution in [0.4, 0.5) is 5.82 Å². The number of hydrogen-bond acceptors (Lipinski definition) is 9. The standard InChI is InChI=1S/C23H23N7OS/c1-15-25-28-23(32-15)17-3-4-20-18(11-17)12-19(26-27-20)14-21(31)16-5-6-24-22(13-16)30-9-7-29(2)8-10-30/h3-6,11-13H,7-10,14H2,1-2H3. The van der Waals surface area contributed by atoms with Crippen LogP contribution in [0, 0.1) is 6.92 Å². The van der Waals surface area contributed by atoms with Gasteiger partial charge < -0.3 is 9.80 Å². The van der Waals surface area contributed by atoms with Crippen LogP contribution in [0.25, 0.3) is 21.5 Å². The van der Waals surface area contributed by atoms with Crippen LogP contribution in [0.1, 0.15) is 21.1 Å². The fourth-order valence-electron chi connectivity index (χ4n) is 3.79. The number of hydrogen-bond donors (Lipinski definition) is 0. The van der Waals surface area contributed by atoms with Crippen LogP contribution in [0.3, 0.4) is 0 Å². The number of carbonyl (C=O) groups is 1. The third-order valence-corrected chi connectivity index (χ3v) is 6.53. The number of aromatic nitrogens is 5. The van der Waals surface area contributed by atoms with Crippen molar-refractivity contribution in [2.45, 2.75) is 13.3 Å². The molecule has 1 fully saturated rings. The number of aryl methyl sites for hydroxylation is 1. The molecule has 8 nitrogen and oxygen atoms in total. The van der Waals surface area contributed by atoms with E-state index in [0.29, 0.717) is 11.3 Å². The predicted molar refractivity (Wildman–Crippen MR) is 125 cm³/mol. The van der Waals surface area contributed by atoms with Gasteiger partial charge in [-0.2, -0.15) is 10.2 Å². The van der Waals surface area contributed by atoms with E-state index in [1.807, 2.05) is 37.3 Å². The Hall–Kier alpha value is -3.30. The first kappa shape index (κ1) is 20.6. The average Bonchev–Trinajstić information content (AvgIpc) is 3.25. The van der Waals surface area contributed by atoms with E-state index >= 15 is 0 Å². The molecule has 4 aromatic rings. The lowest BCUT2D eigenvalue weighted by atomic mass is 10.1. The first-order valence-corrected chi connectivity index (χ1v) is 11.4. The first-order chi connectivity index (χ1) is 15.5. The van der Waals surface area contributed by atoms with E-state index in [2.05, 4.69) is 42.2 Å². The molecule has 1 aliphatic heterocycles. The molecule has 1 aliphatic rings. The second-order valence-electron chi connectivity index (χ2n) is 8.03. The quantitative estimate of drug-likeness (QED) is 0.433. The minimum absolute atomic E-state index is 0.00679. The molecule has 162 valence electrons. The van der Waals surface area contributed by atoms with Gasteiger partial charge in [0.25, 0.3) is 0 Å². The third kappa shape index (κ3) is 4.35. The molecular formula is C23H23N7OS. The number of anilines is 1. The van der Waals surface area contributed by atoms with E-state index in [1.54, 1.807) is 23.6 Å².